The van der Waals surface area contributed by atoms with Gasteiger partial charge in [0.1, 0.15) is 46.1 Å². The van der Waals surface area contributed by atoms with Crippen molar-refractivity contribution in [2.75, 3.05) is 7.11 Å². The van der Waals surface area contributed by atoms with Crippen LogP contribution in [0.15, 0.2) is 179 Å². The Morgan fingerprint density at radius 2 is 0.625 bits per heavy atom. The van der Waals surface area contributed by atoms with Gasteiger partial charge in [0.15, 0.2) is 11.5 Å². The molecule has 12 aromatic rings. The van der Waals surface area contributed by atoms with Crippen molar-refractivity contribution in [2.45, 2.75) is 55.4 Å². The number of hydrogen-bond acceptors (Lipinski definition) is 13. The molecule has 88 heavy (non-hydrogen) atoms. The molecule has 0 aliphatic heterocycles. The van der Waals surface area contributed by atoms with Crippen LogP contribution in [-0.2, 0) is 0 Å². The van der Waals surface area contributed by atoms with E-state index in [0.717, 1.165) is 61.6 Å². The zero-order valence-corrected chi connectivity index (χ0v) is 50.1. The van der Waals surface area contributed by atoms with Crippen molar-refractivity contribution < 1.29 is 20.1 Å². The molecule has 16 nitrogen and oxygen atoms in total. The molecule has 0 radical (unpaired) electrons. The van der Waals surface area contributed by atoms with Gasteiger partial charge >= 0.3 is 0 Å². The molecule has 0 bridgehead atoms. The number of pyridine rings is 3. The second kappa shape index (κ2) is 25.8. The predicted molar refractivity (Wildman–Crippen MR) is 351 cm³/mol. The fraction of sp³-hybridized carbons (Fsp3) is 0.125. The molecule has 12 rings (SSSR count). The SMILES string of the molecule is COc1ccnc(/C=C/c2nc3ccccc3c(=O)n2-c2c(C)cccc2C)c1O.Cc1ccnc(/C=C/c2nc3ccccc3c(=O)n2-c2c(C)cccc2C)c1O.Cc1ccnc(/C=C/c2nc3ccccc3c(=O)n2-c2c(C)cccc2C)c1O. The van der Waals surface area contributed by atoms with Crippen LogP contribution in [0.4, 0.5) is 0 Å². The molecule has 0 fully saturated rings. The lowest BCUT2D eigenvalue weighted by Crippen LogP contribution is -2.23. The Bertz CT molecular complexity index is 4700. The van der Waals surface area contributed by atoms with Gasteiger partial charge in [-0.3, -0.25) is 43.0 Å². The van der Waals surface area contributed by atoms with E-state index in [2.05, 4.69) is 15.0 Å². The molecule has 0 aliphatic carbocycles. The fourth-order valence-corrected chi connectivity index (χ4v) is 10.5. The molecule has 0 amide bonds. The molecular weight excluding hydrogens is 1100 g/mol. The number of aromatic hydroxyl groups is 3. The Kier molecular flexibility index (Phi) is 17.6. The van der Waals surface area contributed by atoms with Gasteiger partial charge in [0.25, 0.3) is 16.7 Å². The first-order valence-electron chi connectivity index (χ1n) is 28.3. The van der Waals surface area contributed by atoms with Gasteiger partial charge in [0.2, 0.25) is 0 Å². The van der Waals surface area contributed by atoms with Crippen molar-refractivity contribution in [2.24, 2.45) is 0 Å². The number of fused-ring (bicyclic) bond motifs is 3. The van der Waals surface area contributed by atoms with Crippen molar-refractivity contribution in [1.29, 1.82) is 0 Å². The summed E-state index contributed by atoms with van der Waals surface area (Å²) in [5, 5.41) is 32.5. The van der Waals surface area contributed by atoms with Crippen molar-refractivity contribution in [3.05, 3.63) is 274 Å². The average molecular weight is 1170 g/mol. The molecule has 3 N–H and O–H groups in total. The summed E-state index contributed by atoms with van der Waals surface area (Å²) in [6, 6.07) is 44.7. The molecule has 0 atom stereocenters. The minimum absolute atomic E-state index is 0.0713. The number of aromatic nitrogens is 9. The second-order valence-corrected chi connectivity index (χ2v) is 21.1. The van der Waals surface area contributed by atoms with Gasteiger partial charge in [-0.1, -0.05) is 91.0 Å². The third-order valence-corrected chi connectivity index (χ3v) is 15.0. The first-order valence-corrected chi connectivity index (χ1v) is 28.3. The summed E-state index contributed by atoms with van der Waals surface area (Å²) in [6.07, 6.45) is 14.9. The molecule has 0 aliphatic rings. The second-order valence-electron chi connectivity index (χ2n) is 21.1. The topological polar surface area (TPSA) is 213 Å². The Hall–Kier alpha value is -11.4. The van der Waals surface area contributed by atoms with Crippen LogP contribution >= 0.6 is 0 Å². The third kappa shape index (κ3) is 12.1. The van der Waals surface area contributed by atoms with Gasteiger partial charge in [-0.15, -0.1) is 0 Å². The molecule has 438 valence electrons. The summed E-state index contributed by atoms with van der Waals surface area (Å²) >= 11 is 0. The highest BCUT2D eigenvalue weighted by Crippen LogP contribution is 2.31. The molecule has 6 aromatic carbocycles. The molecule has 0 unspecified atom stereocenters. The quantitative estimate of drug-likeness (QED) is 0.116. The van der Waals surface area contributed by atoms with E-state index in [4.69, 9.17) is 19.7 Å². The number of nitrogens with zero attached hydrogens (tertiary/aromatic N) is 9. The summed E-state index contributed by atoms with van der Waals surface area (Å²) in [5.74, 6) is 1.89. The molecule has 0 saturated heterocycles. The van der Waals surface area contributed by atoms with E-state index >= 15 is 0 Å². The number of para-hydroxylation sites is 6. The Morgan fingerprint density at radius 3 is 0.932 bits per heavy atom. The number of methoxy groups -OCH3 is 1. The lowest BCUT2D eigenvalue weighted by molar-refractivity contribution is 0.371. The Labute approximate surface area is 507 Å². The number of ether oxygens (including phenoxy) is 1. The normalized spacial score (nSPS) is 11.4. The van der Waals surface area contributed by atoms with Crippen molar-refractivity contribution in [3.63, 3.8) is 0 Å². The van der Waals surface area contributed by atoms with Crippen LogP contribution in [0, 0.1) is 55.4 Å². The summed E-state index contributed by atoms with van der Waals surface area (Å²) in [5.41, 5.74) is 12.4. The van der Waals surface area contributed by atoms with E-state index < -0.39 is 0 Å². The number of rotatable bonds is 10. The zero-order chi connectivity index (χ0) is 62.3. The minimum atomic E-state index is -0.152. The Morgan fingerprint density at radius 1 is 0.341 bits per heavy atom. The molecule has 16 heteroatoms. The number of benzene rings is 6. The minimum Gasteiger partial charge on any atom is -0.505 e. The van der Waals surface area contributed by atoms with E-state index in [9.17, 15) is 29.7 Å². The highest BCUT2D eigenvalue weighted by molar-refractivity contribution is 5.83. The molecule has 6 heterocycles. The van der Waals surface area contributed by atoms with Gasteiger partial charge in [-0.2, -0.15) is 0 Å². The van der Waals surface area contributed by atoms with Crippen LogP contribution in [0.5, 0.6) is 23.0 Å². The van der Waals surface area contributed by atoms with Crippen LogP contribution in [-0.4, -0.2) is 66.0 Å². The summed E-state index contributed by atoms with van der Waals surface area (Å²) < 4.78 is 10.0. The Balaban J connectivity index is 0.000000146. The molecule has 0 spiro atoms. The smallest absolute Gasteiger partial charge is 0.266 e. The monoisotopic (exact) mass is 1170 g/mol. The maximum Gasteiger partial charge on any atom is 0.266 e. The van der Waals surface area contributed by atoms with Gasteiger partial charge in [0, 0.05) is 24.7 Å². The summed E-state index contributed by atoms with van der Waals surface area (Å²) in [4.78, 5) is 67.1. The largest absolute Gasteiger partial charge is 0.505 e. The fourth-order valence-electron chi connectivity index (χ4n) is 10.5. The summed E-state index contributed by atoms with van der Waals surface area (Å²) in [7, 11) is 1.48. The summed E-state index contributed by atoms with van der Waals surface area (Å²) in [6.45, 7) is 15.5. The maximum absolute atomic E-state index is 13.4. The number of aryl methyl sites for hydroxylation is 8. The van der Waals surface area contributed by atoms with E-state index in [0.29, 0.717) is 73.0 Å². The average Bonchev–Trinajstić information content (AvgIpc) is 1.43. The highest BCUT2D eigenvalue weighted by Gasteiger charge is 2.19. The van der Waals surface area contributed by atoms with E-state index in [-0.39, 0.29) is 33.9 Å². The van der Waals surface area contributed by atoms with Gasteiger partial charge < -0.3 is 20.1 Å². The van der Waals surface area contributed by atoms with Gasteiger partial charge in [-0.05, 0) is 185 Å². The van der Waals surface area contributed by atoms with Crippen LogP contribution < -0.4 is 21.4 Å². The van der Waals surface area contributed by atoms with Crippen LogP contribution in [0.25, 0.3) is 86.2 Å². The predicted octanol–water partition coefficient (Wildman–Crippen LogP) is 13.4. The molecular formula is C72H63N9O7. The first-order chi connectivity index (χ1) is 42.4. The number of hydrogen-bond donors (Lipinski definition) is 3. The van der Waals surface area contributed by atoms with Gasteiger partial charge in [-0.25, -0.2) is 15.0 Å². The third-order valence-electron chi connectivity index (χ3n) is 15.0. The standard InChI is InChI=1S/C24H21N3O3.2C24H21N3O2/c1-15-7-6-8-16(2)22(15)27-21(26-18-10-5-4-9-17(18)24(27)29)12-11-19-23(28)20(30-3)13-14-25-19;2*1-15-7-6-8-16(2)22(15)27-21(12-11-20-23(28)17(3)13-14-25-20)26-19-10-5-4-9-18(19)24(27)29/h4-14,28H,1-3H3;2*4-14,28H,1-3H3/b3*12-11+. The van der Waals surface area contributed by atoms with Crippen LogP contribution in [0.2, 0.25) is 0 Å². The van der Waals surface area contributed by atoms with Crippen molar-refractivity contribution >= 4 is 69.2 Å². The molecule has 6 aromatic heterocycles. The van der Waals surface area contributed by atoms with Crippen molar-refractivity contribution in [3.8, 4) is 40.1 Å². The lowest BCUT2D eigenvalue weighted by Gasteiger charge is -2.16. The van der Waals surface area contributed by atoms with Crippen molar-refractivity contribution in [1.82, 2.24) is 43.6 Å². The first kappa shape index (κ1) is 59.8. The van der Waals surface area contributed by atoms with E-state index in [1.165, 1.54) is 7.11 Å². The van der Waals surface area contributed by atoms with E-state index in [1.54, 1.807) is 105 Å². The molecule has 0 saturated carbocycles. The van der Waals surface area contributed by atoms with Gasteiger partial charge in [0.05, 0.1) is 56.9 Å². The lowest BCUT2D eigenvalue weighted by atomic mass is 10.1. The van der Waals surface area contributed by atoms with E-state index in [1.807, 2.05) is 165 Å². The van der Waals surface area contributed by atoms with Crippen LogP contribution in [0.1, 0.15) is 79.1 Å². The maximum atomic E-state index is 13.4. The zero-order valence-electron chi connectivity index (χ0n) is 50.1. The van der Waals surface area contributed by atoms with Crippen LogP contribution in [0.3, 0.4) is 0 Å². The highest BCUT2D eigenvalue weighted by atomic mass is 16.5.